The minimum absolute atomic E-state index is 0.0734. The summed E-state index contributed by atoms with van der Waals surface area (Å²) in [6.45, 7) is 6.83. The van der Waals surface area contributed by atoms with E-state index in [9.17, 15) is 18.7 Å². The molecule has 1 rings (SSSR count). The van der Waals surface area contributed by atoms with Gasteiger partial charge in [0, 0.05) is 17.2 Å². The number of rotatable bonds is 5. The fraction of sp³-hybridized carbons (Fsp3) is 0.533. The number of benzene rings is 1. The summed E-state index contributed by atoms with van der Waals surface area (Å²) < 4.78 is 32.3. The highest BCUT2D eigenvalue weighted by Crippen LogP contribution is 2.27. The summed E-state index contributed by atoms with van der Waals surface area (Å²) in [4.78, 5) is 12.6. The van der Waals surface area contributed by atoms with Crippen molar-refractivity contribution in [2.75, 3.05) is 6.61 Å². The van der Waals surface area contributed by atoms with Crippen LogP contribution < -0.4 is 4.74 Å². The van der Waals surface area contributed by atoms with Gasteiger partial charge in [-0.2, -0.15) is 0 Å². The SMILES string of the molecule is C[C@H](COc1c(F)cc(F)cc1CCl)N(C(=O)O)C(C)(C)C. The number of amides is 1. The Morgan fingerprint density at radius 1 is 1.41 bits per heavy atom. The molecule has 0 bridgehead atoms. The minimum Gasteiger partial charge on any atom is -0.488 e. The van der Waals surface area contributed by atoms with E-state index in [4.69, 9.17) is 16.3 Å². The van der Waals surface area contributed by atoms with Crippen molar-refractivity contribution in [2.45, 2.75) is 45.2 Å². The molecule has 0 radical (unpaired) electrons. The molecule has 0 fully saturated rings. The number of ether oxygens (including phenoxy) is 1. The lowest BCUT2D eigenvalue weighted by molar-refractivity contribution is 0.0570. The van der Waals surface area contributed by atoms with Crippen LogP contribution in [0.2, 0.25) is 0 Å². The Labute approximate surface area is 133 Å². The maximum Gasteiger partial charge on any atom is 0.408 e. The summed E-state index contributed by atoms with van der Waals surface area (Å²) >= 11 is 5.66. The van der Waals surface area contributed by atoms with Crippen LogP contribution in [0.5, 0.6) is 5.75 Å². The fourth-order valence-corrected chi connectivity index (χ4v) is 2.49. The maximum absolute atomic E-state index is 13.8. The topological polar surface area (TPSA) is 49.8 Å². The van der Waals surface area contributed by atoms with E-state index in [1.165, 1.54) is 4.90 Å². The Balaban J connectivity index is 2.92. The van der Waals surface area contributed by atoms with Crippen LogP contribution in [0.1, 0.15) is 33.3 Å². The molecule has 0 saturated heterocycles. The summed E-state index contributed by atoms with van der Waals surface area (Å²) in [6.07, 6.45) is -1.10. The van der Waals surface area contributed by atoms with Crippen LogP contribution in [0, 0.1) is 11.6 Å². The van der Waals surface area contributed by atoms with Crippen LogP contribution in [0.15, 0.2) is 12.1 Å². The predicted octanol–water partition coefficient (Wildman–Crippen LogP) is 4.25. The van der Waals surface area contributed by atoms with Crippen LogP contribution in [0.25, 0.3) is 0 Å². The van der Waals surface area contributed by atoms with E-state index in [1.54, 1.807) is 27.7 Å². The van der Waals surface area contributed by atoms with E-state index >= 15 is 0 Å². The van der Waals surface area contributed by atoms with Crippen molar-refractivity contribution in [3.8, 4) is 5.75 Å². The standard InChI is InChI=1S/C15H20ClF2NO3/c1-9(19(14(20)21)15(2,3)4)8-22-13-10(7-16)5-11(17)6-12(13)18/h5-6,9H,7-8H2,1-4H3,(H,20,21)/t9-/m1/s1. The van der Waals surface area contributed by atoms with Crippen molar-refractivity contribution in [1.29, 1.82) is 0 Å². The molecule has 22 heavy (non-hydrogen) atoms. The highest BCUT2D eigenvalue weighted by Gasteiger charge is 2.31. The van der Waals surface area contributed by atoms with Crippen molar-refractivity contribution < 1.29 is 23.4 Å². The maximum atomic E-state index is 13.8. The minimum atomic E-state index is -1.10. The third-order valence-corrected chi connectivity index (χ3v) is 3.36. The molecule has 7 heteroatoms. The fourth-order valence-electron chi connectivity index (χ4n) is 2.29. The van der Waals surface area contributed by atoms with Gasteiger partial charge in [-0.1, -0.05) is 0 Å². The van der Waals surface area contributed by atoms with E-state index in [0.29, 0.717) is 6.07 Å². The van der Waals surface area contributed by atoms with Crippen LogP contribution in [-0.2, 0) is 5.88 Å². The summed E-state index contributed by atoms with van der Waals surface area (Å²) in [5.41, 5.74) is -0.449. The lowest BCUT2D eigenvalue weighted by atomic mass is 10.0. The molecule has 0 aromatic heterocycles. The Morgan fingerprint density at radius 2 is 2.00 bits per heavy atom. The van der Waals surface area contributed by atoms with Gasteiger partial charge in [0.15, 0.2) is 11.6 Å². The Kier molecular flexibility index (Phi) is 6.00. The van der Waals surface area contributed by atoms with E-state index in [2.05, 4.69) is 0 Å². The van der Waals surface area contributed by atoms with Crippen LogP contribution in [-0.4, -0.2) is 34.3 Å². The Morgan fingerprint density at radius 3 is 2.45 bits per heavy atom. The Hall–Kier alpha value is -1.56. The molecule has 0 aliphatic carbocycles. The summed E-state index contributed by atoms with van der Waals surface area (Å²) in [5, 5.41) is 9.29. The van der Waals surface area contributed by atoms with Gasteiger partial charge in [0.05, 0.1) is 11.9 Å². The number of carbonyl (C=O) groups is 1. The van der Waals surface area contributed by atoms with Gasteiger partial charge in [-0.05, 0) is 33.8 Å². The quantitative estimate of drug-likeness (QED) is 0.818. The van der Waals surface area contributed by atoms with Crippen LogP contribution in [0.4, 0.5) is 13.6 Å². The summed E-state index contributed by atoms with van der Waals surface area (Å²) in [6, 6.07) is 1.27. The molecule has 1 N–H and O–H groups in total. The molecule has 4 nitrogen and oxygen atoms in total. The monoisotopic (exact) mass is 335 g/mol. The van der Waals surface area contributed by atoms with E-state index in [0.717, 1.165) is 6.07 Å². The first-order chi connectivity index (χ1) is 10.1. The number of alkyl halides is 1. The molecule has 0 saturated carbocycles. The number of hydrogen-bond donors (Lipinski definition) is 1. The molecule has 0 aliphatic heterocycles. The molecular weight excluding hydrogens is 316 g/mol. The van der Waals surface area contributed by atoms with Gasteiger partial charge < -0.3 is 9.84 Å². The second kappa shape index (κ2) is 7.13. The molecule has 1 amide bonds. The van der Waals surface area contributed by atoms with Gasteiger partial charge >= 0.3 is 6.09 Å². The van der Waals surface area contributed by atoms with Crippen molar-refractivity contribution in [1.82, 2.24) is 4.90 Å². The molecule has 124 valence electrons. The lowest BCUT2D eigenvalue weighted by Crippen LogP contribution is -2.52. The highest BCUT2D eigenvalue weighted by molar-refractivity contribution is 6.17. The zero-order chi connectivity index (χ0) is 17.1. The second-order valence-electron chi connectivity index (χ2n) is 5.99. The lowest BCUT2D eigenvalue weighted by Gasteiger charge is -2.37. The molecular formula is C15H20ClF2NO3. The first-order valence-corrected chi connectivity index (χ1v) is 7.30. The van der Waals surface area contributed by atoms with Gasteiger partial charge in [-0.3, -0.25) is 4.90 Å². The van der Waals surface area contributed by atoms with E-state index < -0.39 is 29.3 Å². The molecule has 1 aromatic carbocycles. The first kappa shape index (κ1) is 18.5. The van der Waals surface area contributed by atoms with Gasteiger partial charge in [-0.15, -0.1) is 11.6 Å². The van der Waals surface area contributed by atoms with Gasteiger partial charge in [0.2, 0.25) is 0 Å². The van der Waals surface area contributed by atoms with Gasteiger partial charge in [0.25, 0.3) is 0 Å². The number of carboxylic acid groups (broad SMARTS) is 1. The van der Waals surface area contributed by atoms with Gasteiger partial charge in [-0.25, -0.2) is 13.6 Å². The molecule has 0 unspecified atom stereocenters. The smallest absolute Gasteiger partial charge is 0.408 e. The average molecular weight is 336 g/mol. The van der Waals surface area contributed by atoms with Crippen LogP contribution >= 0.6 is 11.6 Å². The van der Waals surface area contributed by atoms with Crippen molar-refractivity contribution >= 4 is 17.7 Å². The van der Waals surface area contributed by atoms with Gasteiger partial charge in [0.1, 0.15) is 12.4 Å². The molecule has 0 aliphatic rings. The zero-order valence-electron chi connectivity index (χ0n) is 13.0. The van der Waals surface area contributed by atoms with Crippen LogP contribution in [0.3, 0.4) is 0 Å². The molecule has 0 heterocycles. The average Bonchev–Trinajstić information content (AvgIpc) is 2.34. The summed E-state index contributed by atoms with van der Waals surface area (Å²) in [5.74, 6) is -1.86. The number of halogens is 3. The third-order valence-electron chi connectivity index (χ3n) is 3.07. The Bertz CT molecular complexity index is 546. The first-order valence-electron chi connectivity index (χ1n) is 6.77. The zero-order valence-corrected chi connectivity index (χ0v) is 13.7. The van der Waals surface area contributed by atoms with Crippen molar-refractivity contribution in [3.63, 3.8) is 0 Å². The van der Waals surface area contributed by atoms with Crippen molar-refractivity contribution in [3.05, 3.63) is 29.3 Å². The third kappa shape index (κ3) is 4.47. The van der Waals surface area contributed by atoms with E-state index in [-0.39, 0.29) is 23.8 Å². The van der Waals surface area contributed by atoms with Crippen molar-refractivity contribution in [2.24, 2.45) is 0 Å². The molecule has 1 atom stereocenters. The number of nitrogens with zero attached hydrogens (tertiary/aromatic N) is 1. The van der Waals surface area contributed by atoms with E-state index in [1.807, 2.05) is 0 Å². The predicted molar refractivity (Wildman–Crippen MR) is 80.5 cm³/mol. The largest absolute Gasteiger partial charge is 0.488 e. The molecule has 1 aromatic rings. The number of hydrogen-bond acceptors (Lipinski definition) is 2. The molecule has 0 spiro atoms. The highest BCUT2D eigenvalue weighted by atomic mass is 35.5. The normalized spacial score (nSPS) is 12.9. The second-order valence-corrected chi connectivity index (χ2v) is 6.26. The summed E-state index contributed by atoms with van der Waals surface area (Å²) in [7, 11) is 0.